The summed E-state index contributed by atoms with van der Waals surface area (Å²) in [7, 11) is 1.75. The average molecular weight is 305 g/mol. The summed E-state index contributed by atoms with van der Waals surface area (Å²) in [6, 6.07) is -0.200. The van der Waals surface area contributed by atoms with E-state index in [0.717, 1.165) is 6.42 Å². The van der Waals surface area contributed by atoms with E-state index in [9.17, 15) is 9.90 Å². The van der Waals surface area contributed by atoms with Gasteiger partial charge in [-0.05, 0) is 19.3 Å². The number of aliphatic hydroxyl groups excluding tert-OH is 1. The molecule has 8 heteroatoms. The Kier molecular flexibility index (Phi) is 6.38. The SMILES string of the molecule is CN(CCc1ncon1)C(=O)[C@H]1CC[C@@H](N)[C@H](O)C1.Cl. The minimum atomic E-state index is -0.576. The highest BCUT2D eigenvalue weighted by Crippen LogP contribution is 2.25. The molecule has 1 aromatic heterocycles. The van der Waals surface area contributed by atoms with Gasteiger partial charge in [0.1, 0.15) is 0 Å². The van der Waals surface area contributed by atoms with Gasteiger partial charge in [-0.3, -0.25) is 4.79 Å². The summed E-state index contributed by atoms with van der Waals surface area (Å²) in [5.74, 6) is 0.505. The van der Waals surface area contributed by atoms with Crippen molar-refractivity contribution in [3.63, 3.8) is 0 Å². The predicted octanol–water partition coefficient (Wildman–Crippen LogP) is -0.0194. The van der Waals surface area contributed by atoms with E-state index in [-0.39, 0.29) is 30.3 Å². The topological polar surface area (TPSA) is 105 Å². The van der Waals surface area contributed by atoms with Crippen LogP contribution < -0.4 is 5.73 Å². The molecule has 0 unspecified atom stereocenters. The lowest BCUT2D eigenvalue weighted by Crippen LogP contribution is -2.45. The molecule has 7 nitrogen and oxygen atoms in total. The second-order valence-corrected chi connectivity index (χ2v) is 5.10. The van der Waals surface area contributed by atoms with Crippen molar-refractivity contribution < 1.29 is 14.4 Å². The number of likely N-dealkylation sites (N-methyl/N-ethyl adjacent to an activating group) is 1. The van der Waals surface area contributed by atoms with Gasteiger partial charge in [0.25, 0.3) is 0 Å². The van der Waals surface area contributed by atoms with Crippen LogP contribution in [0.1, 0.15) is 25.1 Å². The Hall–Kier alpha value is -1.18. The van der Waals surface area contributed by atoms with E-state index in [4.69, 9.17) is 5.73 Å². The molecule has 0 bridgehead atoms. The number of carbonyl (C=O) groups excluding carboxylic acids is 1. The third kappa shape index (κ3) is 4.16. The van der Waals surface area contributed by atoms with E-state index >= 15 is 0 Å². The lowest BCUT2D eigenvalue weighted by molar-refractivity contribution is -0.136. The van der Waals surface area contributed by atoms with Crippen LogP contribution in [-0.2, 0) is 11.2 Å². The molecule has 3 atom stereocenters. The van der Waals surface area contributed by atoms with E-state index in [1.165, 1.54) is 6.39 Å². The van der Waals surface area contributed by atoms with Crippen molar-refractivity contribution in [2.24, 2.45) is 11.7 Å². The van der Waals surface area contributed by atoms with Crippen molar-refractivity contribution in [2.45, 2.75) is 37.8 Å². The zero-order valence-electron chi connectivity index (χ0n) is 11.4. The van der Waals surface area contributed by atoms with E-state index < -0.39 is 6.10 Å². The molecular weight excluding hydrogens is 284 g/mol. The lowest BCUT2D eigenvalue weighted by Gasteiger charge is -2.32. The van der Waals surface area contributed by atoms with E-state index in [2.05, 4.69) is 14.7 Å². The molecule has 1 aliphatic rings. The molecule has 1 amide bonds. The van der Waals surface area contributed by atoms with Crippen LogP contribution in [-0.4, -0.2) is 51.8 Å². The van der Waals surface area contributed by atoms with Gasteiger partial charge in [0.15, 0.2) is 5.82 Å². The maximum Gasteiger partial charge on any atom is 0.225 e. The third-order valence-corrected chi connectivity index (χ3v) is 3.67. The highest BCUT2D eigenvalue weighted by atomic mass is 35.5. The zero-order valence-corrected chi connectivity index (χ0v) is 12.3. The fourth-order valence-electron chi connectivity index (χ4n) is 2.39. The van der Waals surface area contributed by atoms with Crippen LogP contribution in [0, 0.1) is 5.92 Å². The number of halogens is 1. The number of nitrogens with two attached hydrogens (primary N) is 1. The highest BCUT2D eigenvalue weighted by molar-refractivity contribution is 5.85. The van der Waals surface area contributed by atoms with Crippen molar-refractivity contribution in [3.05, 3.63) is 12.2 Å². The number of rotatable bonds is 4. The lowest BCUT2D eigenvalue weighted by atomic mass is 9.83. The van der Waals surface area contributed by atoms with Crippen LogP contribution in [0.2, 0.25) is 0 Å². The summed E-state index contributed by atoms with van der Waals surface area (Å²) in [5.41, 5.74) is 5.74. The smallest absolute Gasteiger partial charge is 0.225 e. The molecule has 0 aromatic carbocycles. The molecule has 1 aromatic rings. The molecule has 1 aliphatic carbocycles. The molecule has 0 saturated heterocycles. The van der Waals surface area contributed by atoms with Gasteiger partial charge in [-0.15, -0.1) is 12.4 Å². The quantitative estimate of drug-likeness (QED) is 0.810. The van der Waals surface area contributed by atoms with Crippen LogP contribution in [0.4, 0.5) is 0 Å². The van der Waals surface area contributed by atoms with Gasteiger partial charge in [0.2, 0.25) is 12.3 Å². The number of nitrogens with zero attached hydrogens (tertiary/aromatic N) is 3. The number of amides is 1. The molecule has 0 spiro atoms. The Balaban J connectivity index is 0.00000200. The first-order valence-corrected chi connectivity index (χ1v) is 6.51. The molecule has 2 rings (SSSR count). The Labute approximate surface area is 123 Å². The van der Waals surface area contributed by atoms with Crippen molar-refractivity contribution in [1.29, 1.82) is 0 Å². The molecule has 1 saturated carbocycles. The summed E-state index contributed by atoms with van der Waals surface area (Å²) in [6.07, 6.45) is 3.14. The van der Waals surface area contributed by atoms with Gasteiger partial charge in [-0.25, -0.2) is 0 Å². The van der Waals surface area contributed by atoms with Crippen LogP contribution in [0.15, 0.2) is 10.9 Å². The minimum Gasteiger partial charge on any atom is -0.391 e. The summed E-state index contributed by atoms with van der Waals surface area (Å²) in [4.78, 5) is 17.8. The molecule has 0 aliphatic heterocycles. The summed E-state index contributed by atoms with van der Waals surface area (Å²) in [5, 5.41) is 13.4. The Bertz CT molecular complexity index is 415. The van der Waals surface area contributed by atoms with E-state index in [1.807, 2.05) is 0 Å². The van der Waals surface area contributed by atoms with Crippen LogP contribution in [0.25, 0.3) is 0 Å². The molecule has 114 valence electrons. The van der Waals surface area contributed by atoms with Crippen molar-refractivity contribution >= 4 is 18.3 Å². The monoisotopic (exact) mass is 304 g/mol. The van der Waals surface area contributed by atoms with E-state index in [1.54, 1.807) is 11.9 Å². The van der Waals surface area contributed by atoms with Gasteiger partial charge in [0.05, 0.1) is 6.10 Å². The van der Waals surface area contributed by atoms with Crippen molar-refractivity contribution in [1.82, 2.24) is 15.0 Å². The van der Waals surface area contributed by atoms with Crippen molar-refractivity contribution in [2.75, 3.05) is 13.6 Å². The van der Waals surface area contributed by atoms with Gasteiger partial charge in [-0.2, -0.15) is 4.98 Å². The van der Waals surface area contributed by atoms with Gasteiger partial charge in [-0.1, -0.05) is 5.16 Å². The largest absolute Gasteiger partial charge is 0.391 e. The van der Waals surface area contributed by atoms with E-state index in [0.29, 0.717) is 31.6 Å². The number of aromatic nitrogens is 2. The summed E-state index contributed by atoms with van der Waals surface area (Å²) < 4.78 is 4.64. The zero-order chi connectivity index (χ0) is 13.8. The fourth-order valence-corrected chi connectivity index (χ4v) is 2.39. The molecular formula is C12H21ClN4O3. The normalized spacial score (nSPS) is 25.9. The first-order valence-electron chi connectivity index (χ1n) is 6.51. The first kappa shape index (κ1) is 16.9. The molecule has 0 radical (unpaired) electrons. The number of carbonyl (C=O) groups is 1. The van der Waals surface area contributed by atoms with Crippen LogP contribution in [0.3, 0.4) is 0 Å². The van der Waals surface area contributed by atoms with Crippen LogP contribution in [0.5, 0.6) is 0 Å². The predicted molar refractivity (Wildman–Crippen MR) is 74.2 cm³/mol. The molecule has 1 heterocycles. The maximum atomic E-state index is 12.2. The highest BCUT2D eigenvalue weighted by Gasteiger charge is 2.32. The van der Waals surface area contributed by atoms with Gasteiger partial charge >= 0.3 is 0 Å². The first-order chi connectivity index (χ1) is 9.08. The van der Waals surface area contributed by atoms with Crippen molar-refractivity contribution in [3.8, 4) is 0 Å². The minimum absolute atomic E-state index is 0. The van der Waals surface area contributed by atoms with Gasteiger partial charge < -0.3 is 20.3 Å². The molecule has 20 heavy (non-hydrogen) atoms. The Morgan fingerprint density at radius 1 is 1.60 bits per heavy atom. The fraction of sp³-hybridized carbons (Fsp3) is 0.750. The summed E-state index contributed by atoms with van der Waals surface area (Å²) >= 11 is 0. The standard InChI is InChI=1S/C12H20N4O3.ClH/c1-16(5-4-11-14-7-19-15-11)12(18)8-2-3-9(13)10(17)6-8;/h7-10,17H,2-6,13H2,1H3;1H/t8-,9+,10+;/m0./s1. The second kappa shape index (κ2) is 7.56. The third-order valence-electron chi connectivity index (χ3n) is 3.67. The molecule has 3 N–H and O–H groups in total. The van der Waals surface area contributed by atoms with Gasteiger partial charge in [0, 0.05) is 32.0 Å². The maximum absolute atomic E-state index is 12.2. The number of hydrogen-bond acceptors (Lipinski definition) is 6. The number of aliphatic hydroxyl groups is 1. The number of hydrogen-bond donors (Lipinski definition) is 2. The second-order valence-electron chi connectivity index (χ2n) is 5.10. The average Bonchev–Trinajstić information content (AvgIpc) is 2.91. The van der Waals surface area contributed by atoms with Crippen LogP contribution >= 0.6 is 12.4 Å². The summed E-state index contributed by atoms with van der Waals surface area (Å²) in [6.45, 7) is 0.539. The Morgan fingerprint density at radius 2 is 2.35 bits per heavy atom. The Morgan fingerprint density at radius 3 is 2.95 bits per heavy atom. The molecule has 1 fully saturated rings.